The molecule has 1 heterocycles. The summed E-state index contributed by atoms with van der Waals surface area (Å²) in [7, 11) is 0. The van der Waals surface area contributed by atoms with E-state index in [2.05, 4.69) is 0 Å². The van der Waals surface area contributed by atoms with Crippen molar-refractivity contribution in [3.63, 3.8) is 0 Å². The summed E-state index contributed by atoms with van der Waals surface area (Å²) in [4.78, 5) is 13.2. The molecule has 0 aromatic heterocycles. The predicted molar refractivity (Wildman–Crippen MR) is 56.0 cm³/mol. The molecule has 0 bridgehead atoms. The van der Waals surface area contributed by atoms with E-state index in [1.807, 2.05) is 0 Å². The molecule has 3 nitrogen and oxygen atoms in total. The lowest BCUT2D eigenvalue weighted by atomic mass is 9.79. The Bertz CT molecular complexity index is 283. The smallest absolute Gasteiger partial charge is 0.252 e. The number of halogens is 2. The number of amides is 1. The Hall–Kier alpha value is -0.710. The molecule has 1 saturated heterocycles. The van der Waals surface area contributed by atoms with Crippen molar-refractivity contribution in [3.05, 3.63) is 0 Å². The molecule has 1 amide bonds. The molecule has 0 aromatic rings. The molecule has 0 spiro atoms. The highest BCUT2D eigenvalue weighted by Crippen LogP contribution is 2.45. The summed E-state index contributed by atoms with van der Waals surface area (Å²) < 4.78 is 27.2. The van der Waals surface area contributed by atoms with Crippen LogP contribution < -0.4 is 5.73 Å². The number of hydrogen-bond donors (Lipinski definition) is 1. The highest BCUT2D eigenvalue weighted by molar-refractivity contribution is 5.76. The lowest BCUT2D eigenvalue weighted by Crippen LogP contribution is -2.38. The van der Waals surface area contributed by atoms with E-state index in [-0.39, 0.29) is 31.2 Å². The first kappa shape index (κ1) is 11.8. The summed E-state index contributed by atoms with van der Waals surface area (Å²) in [5.41, 5.74) is 5.30. The van der Waals surface area contributed by atoms with Crippen LogP contribution in [0.4, 0.5) is 8.78 Å². The Morgan fingerprint density at radius 2 is 2.19 bits per heavy atom. The molecule has 2 aliphatic rings. The van der Waals surface area contributed by atoms with E-state index in [1.165, 1.54) is 0 Å². The monoisotopic (exact) mass is 232 g/mol. The van der Waals surface area contributed by atoms with Crippen molar-refractivity contribution in [2.45, 2.75) is 31.6 Å². The van der Waals surface area contributed by atoms with Gasteiger partial charge < -0.3 is 10.6 Å². The van der Waals surface area contributed by atoms with E-state index in [0.717, 1.165) is 6.42 Å². The number of likely N-dealkylation sites (tertiary alicyclic amines) is 1. The van der Waals surface area contributed by atoms with E-state index in [9.17, 15) is 13.6 Å². The van der Waals surface area contributed by atoms with Crippen LogP contribution in [0.25, 0.3) is 0 Å². The van der Waals surface area contributed by atoms with Gasteiger partial charge >= 0.3 is 0 Å². The molecule has 2 N–H and O–H groups in total. The van der Waals surface area contributed by atoms with Crippen molar-refractivity contribution >= 4 is 5.91 Å². The number of hydrogen-bond acceptors (Lipinski definition) is 2. The van der Waals surface area contributed by atoms with E-state index < -0.39 is 11.8 Å². The van der Waals surface area contributed by atoms with Crippen LogP contribution in [0.1, 0.15) is 25.7 Å². The quantitative estimate of drug-likeness (QED) is 0.778. The summed E-state index contributed by atoms with van der Waals surface area (Å²) in [6, 6.07) is 0. The molecule has 0 unspecified atom stereocenters. The molecule has 5 heteroatoms. The Kier molecular flexibility index (Phi) is 3.15. The van der Waals surface area contributed by atoms with Crippen LogP contribution in [0.5, 0.6) is 0 Å². The number of nitrogens with zero attached hydrogens (tertiary/aromatic N) is 1. The van der Waals surface area contributed by atoms with Gasteiger partial charge in [0.2, 0.25) is 5.91 Å². The van der Waals surface area contributed by atoms with Crippen LogP contribution in [0.15, 0.2) is 0 Å². The van der Waals surface area contributed by atoms with Gasteiger partial charge in [-0.05, 0) is 18.8 Å². The first-order chi connectivity index (χ1) is 7.54. The molecule has 0 aromatic carbocycles. The van der Waals surface area contributed by atoms with Crippen LogP contribution in [0.3, 0.4) is 0 Å². The van der Waals surface area contributed by atoms with Gasteiger partial charge in [0, 0.05) is 38.4 Å². The van der Waals surface area contributed by atoms with Gasteiger partial charge in [0.15, 0.2) is 0 Å². The van der Waals surface area contributed by atoms with Crippen LogP contribution >= 0.6 is 0 Å². The fourth-order valence-electron chi connectivity index (χ4n) is 2.91. The fourth-order valence-corrected chi connectivity index (χ4v) is 2.91. The van der Waals surface area contributed by atoms with Gasteiger partial charge in [-0.2, -0.15) is 0 Å². The van der Waals surface area contributed by atoms with Crippen LogP contribution in [0.2, 0.25) is 0 Å². The first-order valence-electron chi connectivity index (χ1n) is 5.90. The fraction of sp³-hybridized carbons (Fsp3) is 0.909. The van der Waals surface area contributed by atoms with Gasteiger partial charge in [0.05, 0.1) is 0 Å². The topological polar surface area (TPSA) is 46.3 Å². The second kappa shape index (κ2) is 4.28. The third kappa shape index (κ3) is 2.05. The molecule has 2 rings (SSSR count). The van der Waals surface area contributed by atoms with E-state index in [1.54, 1.807) is 4.90 Å². The minimum Gasteiger partial charge on any atom is -0.342 e. The largest absolute Gasteiger partial charge is 0.342 e. The zero-order valence-electron chi connectivity index (χ0n) is 9.29. The Labute approximate surface area is 94.0 Å². The lowest BCUT2D eigenvalue weighted by molar-refractivity contribution is -0.130. The van der Waals surface area contributed by atoms with Crippen LogP contribution in [-0.4, -0.2) is 36.4 Å². The summed E-state index contributed by atoms with van der Waals surface area (Å²) >= 11 is 0. The molecule has 16 heavy (non-hydrogen) atoms. The molecule has 1 aliphatic carbocycles. The van der Waals surface area contributed by atoms with E-state index in [0.29, 0.717) is 19.5 Å². The van der Waals surface area contributed by atoms with Gasteiger partial charge in [-0.3, -0.25) is 4.79 Å². The Morgan fingerprint density at radius 3 is 2.81 bits per heavy atom. The van der Waals surface area contributed by atoms with Gasteiger partial charge in [-0.25, -0.2) is 8.78 Å². The summed E-state index contributed by atoms with van der Waals surface area (Å²) in [5.74, 6) is -3.29. The Balaban J connectivity index is 2.02. The highest BCUT2D eigenvalue weighted by atomic mass is 19.3. The van der Waals surface area contributed by atoms with Gasteiger partial charge in [0.25, 0.3) is 5.92 Å². The molecule has 0 radical (unpaired) electrons. The van der Waals surface area contributed by atoms with Crippen molar-refractivity contribution in [2.75, 3.05) is 19.6 Å². The Morgan fingerprint density at radius 1 is 1.44 bits per heavy atom. The average Bonchev–Trinajstić information content (AvgIpc) is 2.63. The maximum absolute atomic E-state index is 13.6. The van der Waals surface area contributed by atoms with Gasteiger partial charge in [0.1, 0.15) is 0 Å². The van der Waals surface area contributed by atoms with Gasteiger partial charge in [-0.15, -0.1) is 0 Å². The van der Waals surface area contributed by atoms with Crippen molar-refractivity contribution in [2.24, 2.45) is 17.6 Å². The van der Waals surface area contributed by atoms with Crippen LogP contribution in [0, 0.1) is 11.8 Å². The van der Waals surface area contributed by atoms with Gasteiger partial charge in [-0.1, -0.05) is 0 Å². The van der Waals surface area contributed by atoms with Crippen molar-refractivity contribution in [1.29, 1.82) is 0 Å². The molecule has 1 aliphatic heterocycles. The number of rotatable bonds is 2. The zero-order chi connectivity index (χ0) is 11.8. The minimum atomic E-state index is -2.58. The average molecular weight is 232 g/mol. The molecular weight excluding hydrogens is 214 g/mol. The molecule has 1 saturated carbocycles. The van der Waals surface area contributed by atoms with Crippen molar-refractivity contribution in [1.82, 2.24) is 4.90 Å². The predicted octanol–water partition coefficient (Wildman–Crippen LogP) is 1.23. The second-order valence-electron chi connectivity index (χ2n) is 4.86. The maximum atomic E-state index is 13.6. The first-order valence-corrected chi connectivity index (χ1v) is 5.90. The number of nitrogens with two attached hydrogens (primary N) is 1. The number of alkyl halides is 2. The van der Waals surface area contributed by atoms with E-state index in [4.69, 9.17) is 5.73 Å². The summed E-state index contributed by atoms with van der Waals surface area (Å²) in [5, 5.41) is 0. The second-order valence-corrected chi connectivity index (χ2v) is 4.86. The van der Waals surface area contributed by atoms with E-state index >= 15 is 0 Å². The number of carbonyl (C=O) groups is 1. The molecule has 2 atom stereocenters. The minimum absolute atomic E-state index is 0.00882. The third-order valence-electron chi connectivity index (χ3n) is 3.78. The van der Waals surface area contributed by atoms with Crippen molar-refractivity contribution in [3.8, 4) is 0 Å². The third-order valence-corrected chi connectivity index (χ3v) is 3.78. The molecular formula is C11H18F2N2O. The zero-order valence-corrected chi connectivity index (χ0v) is 9.29. The maximum Gasteiger partial charge on any atom is 0.252 e. The highest BCUT2D eigenvalue weighted by Gasteiger charge is 2.51. The number of fused-ring (bicyclic) bond motifs is 1. The SMILES string of the molecule is NCCC(=O)N1C[C@H]2CCCC(F)(F)[C@@H]2C1. The summed E-state index contributed by atoms with van der Waals surface area (Å²) in [6.45, 7) is 1.01. The molecule has 92 valence electrons. The number of carbonyl (C=O) groups excluding carboxylic acids is 1. The standard InChI is InChI=1S/C11H18F2N2O/c12-11(13)4-1-2-8-6-15(7-9(8)11)10(16)3-5-14/h8-9H,1-7,14H2/t8-,9-/m1/s1. The molecule has 2 fully saturated rings. The van der Waals surface area contributed by atoms with Crippen LogP contribution in [-0.2, 0) is 4.79 Å². The van der Waals surface area contributed by atoms with Crippen molar-refractivity contribution < 1.29 is 13.6 Å². The summed E-state index contributed by atoms with van der Waals surface area (Å²) in [6.07, 6.45) is 1.65. The lowest BCUT2D eigenvalue weighted by Gasteiger charge is -2.32. The normalized spacial score (nSPS) is 32.6.